The fourth-order valence-electron chi connectivity index (χ4n) is 2.38. The summed E-state index contributed by atoms with van der Waals surface area (Å²) in [4.78, 5) is 16.7. The molecule has 0 bridgehead atoms. The van der Waals surface area contributed by atoms with E-state index in [-0.39, 0.29) is 5.69 Å². The molecular weight excluding hydrogens is 311 g/mol. The Hall–Kier alpha value is -3.55. The van der Waals surface area contributed by atoms with Crippen molar-refractivity contribution in [1.82, 2.24) is 24.4 Å². The first-order valence-electron chi connectivity index (χ1n) is 7.13. The third-order valence-electron chi connectivity index (χ3n) is 3.49. The van der Waals surface area contributed by atoms with Crippen LogP contribution >= 0.6 is 0 Å². The summed E-state index contributed by atoms with van der Waals surface area (Å²) in [5.74, 6) is -0.489. The highest BCUT2D eigenvalue weighted by molar-refractivity contribution is 6.07. The van der Waals surface area contributed by atoms with Gasteiger partial charge in [0, 0.05) is 18.5 Å². The summed E-state index contributed by atoms with van der Waals surface area (Å²) in [5.41, 5.74) is 1.000. The molecule has 0 saturated carbocycles. The van der Waals surface area contributed by atoms with Crippen LogP contribution in [0.1, 0.15) is 10.4 Å². The maximum absolute atomic E-state index is 14.0. The Balaban J connectivity index is 1.69. The maximum atomic E-state index is 14.0. The van der Waals surface area contributed by atoms with E-state index >= 15 is 0 Å². The van der Waals surface area contributed by atoms with Gasteiger partial charge in [0.1, 0.15) is 22.9 Å². The van der Waals surface area contributed by atoms with Gasteiger partial charge in [0.05, 0.1) is 12.4 Å². The van der Waals surface area contributed by atoms with Gasteiger partial charge in [0.15, 0.2) is 5.65 Å². The summed E-state index contributed by atoms with van der Waals surface area (Å²) in [6.07, 6.45) is 6.19. The van der Waals surface area contributed by atoms with Gasteiger partial charge in [-0.3, -0.25) is 4.79 Å². The first-order chi connectivity index (χ1) is 11.7. The van der Waals surface area contributed by atoms with E-state index in [0.29, 0.717) is 17.0 Å². The molecule has 24 heavy (non-hydrogen) atoms. The number of carbonyl (C=O) groups is 1. The number of rotatable bonds is 3. The lowest BCUT2D eigenvalue weighted by atomic mass is 10.3. The van der Waals surface area contributed by atoms with E-state index in [1.54, 1.807) is 42.7 Å². The zero-order valence-corrected chi connectivity index (χ0v) is 12.3. The van der Waals surface area contributed by atoms with E-state index in [1.165, 1.54) is 27.7 Å². The molecule has 0 fully saturated rings. The number of amides is 1. The molecule has 4 rings (SSSR count). The van der Waals surface area contributed by atoms with Crippen molar-refractivity contribution in [2.24, 2.45) is 0 Å². The van der Waals surface area contributed by atoms with Crippen molar-refractivity contribution in [2.45, 2.75) is 0 Å². The van der Waals surface area contributed by atoms with Crippen molar-refractivity contribution >= 4 is 17.4 Å². The number of anilines is 1. The van der Waals surface area contributed by atoms with Crippen LogP contribution in [-0.4, -0.2) is 30.3 Å². The minimum atomic E-state index is -0.436. The monoisotopic (exact) mass is 322 g/mol. The molecule has 7 nitrogen and oxygen atoms in total. The third kappa shape index (κ3) is 2.30. The Morgan fingerprint density at radius 1 is 1.08 bits per heavy atom. The molecule has 0 aliphatic carbocycles. The molecule has 0 saturated heterocycles. The average Bonchev–Trinajstić information content (AvgIpc) is 3.22. The molecule has 3 aromatic heterocycles. The minimum Gasteiger partial charge on any atom is -0.306 e. The van der Waals surface area contributed by atoms with Crippen molar-refractivity contribution in [1.29, 1.82) is 0 Å². The van der Waals surface area contributed by atoms with Crippen LogP contribution in [0.3, 0.4) is 0 Å². The van der Waals surface area contributed by atoms with E-state index in [4.69, 9.17) is 0 Å². The highest BCUT2D eigenvalue weighted by Gasteiger charge is 2.17. The Bertz CT molecular complexity index is 1040. The minimum absolute atomic E-state index is 0.246. The smallest absolute Gasteiger partial charge is 0.262 e. The molecule has 0 unspecified atom stereocenters. The molecule has 0 radical (unpaired) electrons. The van der Waals surface area contributed by atoms with Crippen LogP contribution in [-0.2, 0) is 0 Å². The summed E-state index contributed by atoms with van der Waals surface area (Å²) >= 11 is 0. The van der Waals surface area contributed by atoms with Crippen LogP contribution in [0.25, 0.3) is 11.3 Å². The van der Waals surface area contributed by atoms with Gasteiger partial charge in [-0.2, -0.15) is 10.2 Å². The first-order valence-corrected chi connectivity index (χ1v) is 7.13. The zero-order valence-electron chi connectivity index (χ0n) is 12.3. The molecule has 0 spiro atoms. The second-order valence-electron chi connectivity index (χ2n) is 4.98. The van der Waals surface area contributed by atoms with Crippen LogP contribution in [0.5, 0.6) is 0 Å². The Kier molecular flexibility index (Phi) is 3.27. The number of benzene rings is 1. The number of para-hydroxylation sites is 1. The summed E-state index contributed by atoms with van der Waals surface area (Å²) < 4.78 is 16.8. The second-order valence-corrected chi connectivity index (χ2v) is 4.98. The lowest BCUT2D eigenvalue weighted by Gasteiger charge is -2.09. The van der Waals surface area contributed by atoms with E-state index in [0.717, 1.165) is 0 Å². The van der Waals surface area contributed by atoms with Crippen LogP contribution < -0.4 is 5.32 Å². The van der Waals surface area contributed by atoms with Crippen molar-refractivity contribution in [3.05, 3.63) is 72.6 Å². The normalized spacial score (nSPS) is 10.9. The van der Waals surface area contributed by atoms with Crippen molar-refractivity contribution in [3.63, 3.8) is 0 Å². The van der Waals surface area contributed by atoms with Gasteiger partial charge < -0.3 is 5.32 Å². The van der Waals surface area contributed by atoms with Gasteiger partial charge >= 0.3 is 0 Å². The standard InChI is InChI=1S/C16H11FN6O/c17-12-4-1-2-5-13(12)23-14(6-8-19-23)21-16(24)11-10-20-22-9-3-7-18-15(11)22/h1-10H,(H,21,24). The van der Waals surface area contributed by atoms with E-state index in [9.17, 15) is 9.18 Å². The summed E-state index contributed by atoms with van der Waals surface area (Å²) in [6, 6.07) is 9.50. The van der Waals surface area contributed by atoms with Crippen LogP contribution in [0.15, 0.2) is 61.2 Å². The summed E-state index contributed by atoms with van der Waals surface area (Å²) in [6.45, 7) is 0. The van der Waals surface area contributed by atoms with Crippen molar-refractivity contribution in [3.8, 4) is 5.69 Å². The molecule has 1 N–H and O–H groups in total. The molecule has 1 amide bonds. The molecule has 0 aliphatic heterocycles. The molecule has 4 aromatic rings. The van der Waals surface area contributed by atoms with Crippen molar-refractivity contribution < 1.29 is 9.18 Å². The molecule has 8 heteroatoms. The van der Waals surface area contributed by atoms with E-state index in [2.05, 4.69) is 20.5 Å². The lowest BCUT2D eigenvalue weighted by molar-refractivity contribution is 0.102. The molecule has 118 valence electrons. The number of aromatic nitrogens is 5. The molecule has 0 aliphatic rings. The maximum Gasteiger partial charge on any atom is 0.262 e. The van der Waals surface area contributed by atoms with Gasteiger partial charge in [-0.25, -0.2) is 18.6 Å². The number of carbonyl (C=O) groups excluding carboxylic acids is 1. The summed E-state index contributed by atoms with van der Waals surface area (Å²) in [5, 5.41) is 10.9. The number of fused-ring (bicyclic) bond motifs is 1. The second kappa shape index (κ2) is 5.58. The molecule has 3 heterocycles. The number of nitrogens with one attached hydrogen (secondary N) is 1. The largest absolute Gasteiger partial charge is 0.306 e. The molecular formula is C16H11FN6O. The Morgan fingerprint density at radius 3 is 2.83 bits per heavy atom. The van der Waals surface area contributed by atoms with E-state index in [1.807, 2.05) is 0 Å². The first kappa shape index (κ1) is 14.1. The summed E-state index contributed by atoms with van der Waals surface area (Å²) in [7, 11) is 0. The van der Waals surface area contributed by atoms with Crippen LogP contribution in [0, 0.1) is 5.82 Å². The van der Waals surface area contributed by atoms with E-state index < -0.39 is 11.7 Å². The highest BCUT2D eigenvalue weighted by atomic mass is 19.1. The molecule has 0 atom stereocenters. The quantitative estimate of drug-likeness (QED) is 0.628. The lowest BCUT2D eigenvalue weighted by Crippen LogP contribution is -2.15. The predicted molar refractivity (Wildman–Crippen MR) is 84.5 cm³/mol. The highest BCUT2D eigenvalue weighted by Crippen LogP contribution is 2.19. The van der Waals surface area contributed by atoms with Gasteiger partial charge in [-0.1, -0.05) is 12.1 Å². The topological polar surface area (TPSA) is 77.1 Å². The Morgan fingerprint density at radius 2 is 1.96 bits per heavy atom. The average molecular weight is 322 g/mol. The molecule has 1 aromatic carbocycles. The van der Waals surface area contributed by atoms with Crippen molar-refractivity contribution in [2.75, 3.05) is 5.32 Å². The number of hydrogen-bond donors (Lipinski definition) is 1. The fourth-order valence-corrected chi connectivity index (χ4v) is 2.38. The van der Waals surface area contributed by atoms with Gasteiger partial charge in [-0.05, 0) is 18.2 Å². The van der Waals surface area contributed by atoms with Crippen LogP contribution in [0.4, 0.5) is 10.2 Å². The predicted octanol–water partition coefficient (Wildman–Crippen LogP) is 2.31. The zero-order chi connectivity index (χ0) is 16.5. The fraction of sp³-hybridized carbons (Fsp3) is 0. The van der Waals surface area contributed by atoms with Gasteiger partial charge in [0.2, 0.25) is 0 Å². The Labute approximate surface area is 135 Å². The third-order valence-corrected chi connectivity index (χ3v) is 3.49. The number of halogens is 1. The number of hydrogen-bond acceptors (Lipinski definition) is 4. The number of nitrogens with zero attached hydrogens (tertiary/aromatic N) is 5. The van der Waals surface area contributed by atoms with Gasteiger partial charge in [0.25, 0.3) is 5.91 Å². The SMILES string of the molecule is O=C(Nc1ccnn1-c1ccccc1F)c1cnn2cccnc12. The van der Waals surface area contributed by atoms with Gasteiger partial charge in [-0.15, -0.1) is 0 Å². The van der Waals surface area contributed by atoms with Crippen LogP contribution in [0.2, 0.25) is 0 Å².